The Morgan fingerprint density at radius 2 is 2.17 bits per heavy atom. The fourth-order valence-corrected chi connectivity index (χ4v) is 3.26. The highest BCUT2D eigenvalue weighted by molar-refractivity contribution is 7.20. The fraction of sp³-hybridized carbons (Fsp3) is 0.357. The first-order valence-corrected chi connectivity index (χ1v) is 6.99. The van der Waals surface area contributed by atoms with E-state index in [1.807, 2.05) is 30.3 Å². The zero-order valence-electron chi connectivity index (χ0n) is 9.93. The van der Waals surface area contributed by atoms with Crippen LogP contribution < -0.4 is 5.32 Å². The number of carbonyl (C=O) groups excluding carboxylic acids is 1. The van der Waals surface area contributed by atoms with Crippen LogP contribution in [0.2, 0.25) is 0 Å². The summed E-state index contributed by atoms with van der Waals surface area (Å²) in [6.45, 7) is 0.671. The molecule has 1 fully saturated rings. The molecule has 0 saturated heterocycles. The van der Waals surface area contributed by atoms with Crippen molar-refractivity contribution in [2.45, 2.75) is 18.9 Å². The first-order chi connectivity index (χ1) is 8.72. The second-order valence-corrected chi connectivity index (χ2v) is 5.93. The topological polar surface area (TPSA) is 49.3 Å². The van der Waals surface area contributed by atoms with Gasteiger partial charge in [0.05, 0.1) is 11.0 Å². The summed E-state index contributed by atoms with van der Waals surface area (Å²) >= 11 is 1.52. The van der Waals surface area contributed by atoms with Crippen molar-refractivity contribution in [1.82, 2.24) is 5.32 Å². The van der Waals surface area contributed by atoms with Crippen LogP contribution in [0, 0.1) is 5.92 Å². The van der Waals surface area contributed by atoms with Crippen LogP contribution in [0.5, 0.6) is 0 Å². The molecule has 2 N–H and O–H groups in total. The third-order valence-electron chi connectivity index (χ3n) is 3.41. The Morgan fingerprint density at radius 3 is 2.89 bits per heavy atom. The molecule has 4 heteroatoms. The molecule has 1 amide bonds. The minimum absolute atomic E-state index is 0.00223. The second-order valence-electron chi connectivity index (χ2n) is 4.85. The maximum absolute atomic E-state index is 12.0. The van der Waals surface area contributed by atoms with Crippen LogP contribution in [0.4, 0.5) is 0 Å². The number of thiophene rings is 1. The number of carbonyl (C=O) groups is 1. The summed E-state index contributed by atoms with van der Waals surface area (Å²) in [6, 6.07) is 9.94. The van der Waals surface area contributed by atoms with Crippen molar-refractivity contribution in [1.29, 1.82) is 0 Å². The molecule has 2 aromatic rings. The van der Waals surface area contributed by atoms with Crippen LogP contribution in [-0.4, -0.2) is 23.7 Å². The minimum atomic E-state index is -0.156. The number of benzene rings is 1. The van der Waals surface area contributed by atoms with Gasteiger partial charge in [-0.05, 0) is 36.3 Å². The van der Waals surface area contributed by atoms with E-state index in [2.05, 4.69) is 5.32 Å². The van der Waals surface area contributed by atoms with E-state index in [0.717, 1.165) is 27.8 Å². The number of hydrogen-bond donors (Lipinski definition) is 2. The van der Waals surface area contributed by atoms with E-state index in [9.17, 15) is 9.90 Å². The van der Waals surface area contributed by atoms with Crippen LogP contribution in [0.3, 0.4) is 0 Å². The smallest absolute Gasteiger partial charge is 0.261 e. The fourth-order valence-electron chi connectivity index (χ4n) is 2.29. The number of amides is 1. The Labute approximate surface area is 109 Å². The molecule has 0 aliphatic heterocycles. The van der Waals surface area contributed by atoms with Gasteiger partial charge in [0.25, 0.3) is 5.91 Å². The number of rotatable bonds is 3. The van der Waals surface area contributed by atoms with Gasteiger partial charge in [0.15, 0.2) is 0 Å². The predicted octanol–water partition coefficient (Wildman–Crippen LogP) is 2.40. The standard InChI is InChI=1S/C14H15NO2S/c16-11-5-9(6-11)8-15-14(17)13-7-10-3-1-2-4-12(10)18-13/h1-4,7,9,11,16H,5-6,8H2,(H,15,17). The monoisotopic (exact) mass is 261 g/mol. The lowest BCUT2D eigenvalue weighted by atomic mass is 9.82. The largest absolute Gasteiger partial charge is 0.393 e. The predicted molar refractivity (Wildman–Crippen MR) is 72.9 cm³/mol. The molecule has 1 heterocycles. The Hall–Kier alpha value is -1.39. The molecule has 1 aromatic heterocycles. The molecular formula is C14H15NO2S. The van der Waals surface area contributed by atoms with E-state index in [-0.39, 0.29) is 12.0 Å². The average molecular weight is 261 g/mol. The van der Waals surface area contributed by atoms with Crippen LogP contribution in [-0.2, 0) is 0 Å². The average Bonchev–Trinajstić information content (AvgIpc) is 2.76. The molecule has 1 aromatic carbocycles. The zero-order valence-corrected chi connectivity index (χ0v) is 10.7. The first kappa shape index (κ1) is 11.7. The molecule has 94 valence electrons. The molecule has 1 aliphatic carbocycles. The quantitative estimate of drug-likeness (QED) is 0.891. The van der Waals surface area contributed by atoms with Crippen LogP contribution in [0.1, 0.15) is 22.5 Å². The maximum Gasteiger partial charge on any atom is 0.261 e. The third-order valence-corrected chi connectivity index (χ3v) is 4.53. The lowest BCUT2D eigenvalue weighted by Gasteiger charge is -2.31. The van der Waals surface area contributed by atoms with Gasteiger partial charge in [-0.3, -0.25) is 4.79 Å². The van der Waals surface area contributed by atoms with Crippen molar-refractivity contribution < 1.29 is 9.90 Å². The molecule has 0 atom stereocenters. The van der Waals surface area contributed by atoms with Crippen molar-refractivity contribution >= 4 is 27.3 Å². The second kappa shape index (κ2) is 4.71. The number of hydrogen-bond acceptors (Lipinski definition) is 3. The van der Waals surface area contributed by atoms with Crippen molar-refractivity contribution in [3.63, 3.8) is 0 Å². The van der Waals surface area contributed by atoms with E-state index < -0.39 is 0 Å². The molecule has 3 nitrogen and oxygen atoms in total. The third kappa shape index (κ3) is 2.26. The molecule has 0 unspecified atom stereocenters. The van der Waals surface area contributed by atoms with E-state index in [1.54, 1.807) is 0 Å². The van der Waals surface area contributed by atoms with Gasteiger partial charge in [-0.1, -0.05) is 18.2 Å². The Morgan fingerprint density at radius 1 is 1.39 bits per heavy atom. The van der Waals surface area contributed by atoms with Crippen LogP contribution in [0.25, 0.3) is 10.1 Å². The van der Waals surface area contributed by atoms with Gasteiger partial charge >= 0.3 is 0 Å². The zero-order chi connectivity index (χ0) is 12.5. The van der Waals surface area contributed by atoms with Crippen LogP contribution in [0.15, 0.2) is 30.3 Å². The Balaban J connectivity index is 1.64. The molecule has 0 spiro atoms. The molecule has 1 saturated carbocycles. The summed E-state index contributed by atoms with van der Waals surface area (Å²) in [4.78, 5) is 12.7. The number of aliphatic hydroxyl groups is 1. The molecule has 0 radical (unpaired) electrons. The minimum Gasteiger partial charge on any atom is -0.393 e. The van der Waals surface area contributed by atoms with Gasteiger partial charge in [-0.25, -0.2) is 0 Å². The van der Waals surface area contributed by atoms with E-state index >= 15 is 0 Å². The van der Waals surface area contributed by atoms with Gasteiger partial charge < -0.3 is 10.4 Å². The summed E-state index contributed by atoms with van der Waals surface area (Å²) in [7, 11) is 0. The lowest BCUT2D eigenvalue weighted by Crippen LogP contribution is -2.38. The summed E-state index contributed by atoms with van der Waals surface area (Å²) in [5.41, 5.74) is 0. The SMILES string of the molecule is O=C(NCC1CC(O)C1)c1cc2ccccc2s1. The molecule has 18 heavy (non-hydrogen) atoms. The summed E-state index contributed by atoms with van der Waals surface area (Å²) in [5.74, 6) is 0.441. The highest BCUT2D eigenvalue weighted by Crippen LogP contribution is 2.27. The van der Waals surface area contributed by atoms with Gasteiger partial charge in [0.2, 0.25) is 0 Å². The highest BCUT2D eigenvalue weighted by Gasteiger charge is 2.27. The first-order valence-electron chi connectivity index (χ1n) is 6.17. The summed E-state index contributed by atoms with van der Waals surface area (Å²) in [6.07, 6.45) is 1.47. The molecule has 0 bridgehead atoms. The lowest BCUT2D eigenvalue weighted by molar-refractivity contribution is 0.0420. The van der Waals surface area contributed by atoms with E-state index in [1.165, 1.54) is 11.3 Å². The maximum atomic E-state index is 12.0. The van der Waals surface area contributed by atoms with Crippen molar-refractivity contribution in [2.75, 3.05) is 6.54 Å². The van der Waals surface area contributed by atoms with Crippen molar-refractivity contribution in [3.05, 3.63) is 35.2 Å². The molecule has 3 rings (SSSR count). The summed E-state index contributed by atoms with van der Waals surface area (Å²) < 4.78 is 1.14. The Kier molecular flexibility index (Phi) is 3.06. The number of nitrogens with one attached hydrogen (secondary N) is 1. The van der Waals surface area contributed by atoms with Gasteiger partial charge in [-0.15, -0.1) is 11.3 Å². The molecular weight excluding hydrogens is 246 g/mol. The van der Waals surface area contributed by atoms with Crippen LogP contribution >= 0.6 is 11.3 Å². The molecule has 1 aliphatic rings. The van der Waals surface area contributed by atoms with Gasteiger partial charge in [0, 0.05) is 11.2 Å². The van der Waals surface area contributed by atoms with Crippen molar-refractivity contribution in [3.8, 4) is 0 Å². The number of aliphatic hydroxyl groups excluding tert-OH is 1. The summed E-state index contributed by atoms with van der Waals surface area (Å²) in [5, 5.41) is 13.2. The normalized spacial score (nSPS) is 22.7. The van der Waals surface area contributed by atoms with E-state index in [0.29, 0.717) is 12.5 Å². The van der Waals surface area contributed by atoms with Gasteiger partial charge in [-0.2, -0.15) is 0 Å². The highest BCUT2D eigenvalue weighted by atomic mass is 32.1. The Bertz CT molecular complexity index is 539. The number of fused-ring (bicyclic) bond motifs is 1. The van der Waals surface area contributed by atoms with E-state index in [4.69, 9.17) is 0 Å². The van der Waals surface area contributed by atoms with Gasteiger partial charge in [0.1, 0.15) is 0 Å². The van der Waals surface area contributed by atoms with Crippen molar-refractivity contribution in [2.24, 2.45) is 5.92 Å².